The average molecular weight is 445 g/mol. The minimum absolute atomic E-state index is 0.236. The van der Waals surface area contributed by atoms with Crippen LogP contribution >= 0.6 is 23.2 Å². The molecule has 0 radical (unpaired) electrons. The van der Waals surface area contributed by atoms with Gasteiger partial charge in [0, 0.05) is 49.1 Å². The van der Waals surface area contributed by atoms with Crippen LogP contribution in [0.1, 0.15) is 0 Å². The maximum Gasteiger partial charge on any atom is 0.258 e. The normalized spacial score (nSPS) is 11.1. The summed E-state index contributed by atoms with van der Waals surface area (Å²) in [6.07, 6.45) is 5.30. The summed E-state index contributed by atoms with van der Waals surface area (Å²) in [5, 5.41) is 5.40. The van der Waals surface area contributed by atoms with Crippen molar-refractivity contribution in [3.05, 3.63) is 57.2 Å². The van der Waals surface area contributed by atoms with Gasteiger partial charge in [-0.1, -0.05) is 23.2 Å². The molecule has 4 aromatic rings. The number of ether oxygens (including phenoxy) is 2. The molecule has 1 aromatic carbocycles. The minimum Gasteiger partial charge on any atom is -0.495 e. The average Bonchev–Trinajstić information content (AvgIpc) is 3.18. The van der Waals surface area contributed by atoms with Crippen LogP contribution in [0.2, 0.25) is 10.0 Å². The Bertz CT molecular complexity index is 1320. The van der Waals surface area contributed by atoms with Crippen LogP contribution in [0.15, 0.2) is 41.6 Å². The molecule has 0 unspecified atom stereocenters. The van der Waals surface area contributed by atoms with Crippen LogP contribution in [0.25, 0.3) is 33.3 Å². The molecule has 0 aliphatic rings. The summed E-state index contributed by atoms with van der Waals surface area (Å²) in [7, 11) is 6.50. The van der Waals surface area contributed by atoms with E-state index in [9.17, 15) is 4.79 Å². The second-order valence-corrected chi connectivity index (χ2v) is 7.49. The Hall–Kier alpha value is -3.03. The van der Waals surface area contributed by atoms with Crippen molar-refractivity contribution in [2.24, 2.45) is 14.1 Å². The van der Waals surface area contributed by atoms with Crippen LogP contribution in [0.5, 0.6) is 11.5 Å². The van der Waals surface area contributed by atoms with Gasteiger partial charge < -0.3 is 14.0 Å². The van der Waals surface area contributed by atoms with E-state index in [0.717, 1.165) is 22.2 Å². The van der Waals surface area contributed by atoms with Crippen molar-refractivity contribution in [3.63, 3.8) is 0 Å². The molecule has 0 amide bonds. The molecule has 3 heterocycles. The zero-order chi connectivity index (χ0) is 21.6. The zero-order valence-corrected chi connectivity index (χ0v) is 18.2. The fraction of sp³-hybridized carbons (Fsp3) is 0.190. The molecule has 0 saturated carbocycles. The van der Waals surface area contributed by atoms with Crippen LogP contribution in [0.4, 0.5) is 0 Å². The molecule has 3 aromatic heterocycles. The third-order valence-electron chi connectivity index (χ3n) is 4.95. The summed E-state index contributed by atoms with van der Waals surface area (Å²) < 4.78 is 13.9. The quantitative estimate of drug-likeness (QED) is 0.468. The van der Waals surface area contributed by atoms with Crippen LogP contribution in [0, 0.1) is 0 Å². The number of pyridine rings is 2. The minimum atomic E-state index is -0.259. The number of hydrogen-bond donors (Lipinski definition) is 0. The van der Waals surface area contributed by atoms with Crippen LogP contribution in [0.3, 0.4) is 0 Å². The van der Waals surface area contributed by atoms with Gasteiger partial charge in [-0.15, -0.1) is 0 Å². The number of benzene rings is 1. The largest absolute Gasteiger partial charge is 0.495 e. The number of rotatable bonds is 4. The van der Waals surface area contributed by atoms with Gasteiger partial charge in [-0.3, -0.25) is 14.5 Å². The Labute approximate surface area is 182 Å². The SMILES string of the molecule is COc1cc(OC)c(Cl)c(-c2cc3cnc(-c4cnn(C)c4)cc3n(C)c2=O)c1Cl. The molecule has 4 rings (SSSR count). The number of aromatic nitrogens is 4. The van der Waals surface area contributed by atoms with Crippen molar-refractivity contribution in [1.29, 1.82) is 0 Å². The van der Waals surface area contributed by atoms with E-state index >= 15 is 0 Å². The summed E-state index contributed by atoms with van der Waals surface area (Å²) in [4.78, 5) is 17.8. The second kappa shape index (κ2) is 7.66. The van der Waals surface area contributed by atoms with Gasteiger partial charge >= 0.3 is 0 Å². The van der Waals surface area contributed by atoms with Crippen molar-refractivity contribution in [2.75, 3.05) is 14.2 Å². The molecule has 0 spiro atoms. The van der Waals surface area contributed by atoms with Gasteiger partial charge in [0.05, 0.1) is 47.2 Å². The molecule has 0 aliphatic carbocycles. The summed E-state index contributed by atoms with van der Waals surface area (Å²) in [6, 6.07) is 5.16. The first-order valence-electron chi connectivity index (χ1n) is 8.94. The van der Waals surface area contributed by atoms with Crippen LogP contribution in [-0.4, -0.2) is 33.6 Å². The van der Waals surface area contributed by atoms with E-state index in [-0.39, 0.29) is 15.6 Å². The Morgan fingerprint density at radius 1 is 0.967 bits per heavy atom. The third kappa shape index (κ3) is 3.20. The lowest BCUT2D eigenvalue weighted by Crippen LogP contribution is -2.19. The highest BCUT2D eigenvalue weighted by Crippen LogP contribution is 2.45. The molecule has 30 heavy (non-hydrogen) atoms. The third-order valence-corrected chi connectivity index (χ3v) is 5.70. The van der Waals surface area contributed by atoms with E-state index < -0.39 is 0 Å². The maximum absolute atomic E-state index is 13.3. The van der Waals surface area contributed by atoms with Gasteiger partial charge in [0.25, 0.3) is 5.56 Å². The Balaban J connectivity index is 1.99. The van der Waals surface area contributed by atoms with Crippen molar-refractivity contribution < 1.29 is 9.47 Å². The van der Waals surface area contributed by atoms with Gasteiger partial charge in [-0.05, 0) is 12.1 Å². The van der Waals surface area contributed by atoms with Gasteiger partial charge in [-0.2, -0.15) is 5.10 Å². The molecule has 0 fully saturated rings. The molecule has 0 aliphatic heterocycles. The first-order chi connectivity index (χ1) is 14.3. The number of fused-ring (bicyclic) bond motifs is 1. The van der Waals surface area contributed by atoms with E-state index in [1.165, 1.54) is 14.2 Å². The molecule has 0 saturated heterocycles. The van der Waals surface area contributed by atoms with Gasteiger partial charge in [0.1, 0.15) is 11.5 Å². The monoisotopic (exact) mass is 444 g/mol. The Kier molecular flexibility index (Phi) is 5.17. The first-order valence-corrected chi connectivity index (χ1v) is 9.70. The Morgan fingerprint density at radius 3 is 2.20 bits per heavy atom. The van der Waals surface area contributed by atoms with E-state index in [0.29, 0.717) is 22.6 Å². The fourth-order valence-corrected chi connectivity index (χ4v) is 4.08. The van der Waals surface area contributed by atoms with Crippen molar-refractivity contribution >= 4 is 34.1 Å². The highest BCUT2D eigenvalue weighted by Gasteiger charge is 2.22. The predicted octanol–water partition coefficient (Wildman–Crippen LogP) is 4.33. The van der Waals surface area contributed by atoms with E-state index in [1.54, 1.807) is 40.8 Å². The van der Waals surface area contributed by atoms with Gasteiger partial charge in [0.2, 0.25) is 0 Å². The van der Waals surface area contributed by atoms with E-state index in [2.05, 4.69) is 10.1 Å². The van der Waals surface area contributed by atoms with Crippen molar-refractivity contribution in [3.8, 4) is 33.9 Å². The number of nitrogens with zero attached hydrogens (tertiary/aromatic N) is 4. The van der Waals surface area contributed by atoms with Gasteiger partial charge in [0.15, 0.2) is 0 Å². The van der Waals surface area contributed by atoms with Crippen molar-refractivity contribution in [2.45, 2.75) is 0 Å². The second-order valence-electron chi connectivity index (χ2n) is 6.74. The van der Waals surface area contributed by atoms with E-state index in [4.69, 9.17) is 32.7 Å². The molecule has 7 nitrogen and oxygen atoms in total. The Morgan fingerprint density at radius 2 is 1.63 bits per heavy atom. The number of aryl methyl sites for hydroxylation is 2. The molecule has 154 valence electrons. The highest BCUT2D eigenvalue weighted by molar-refractivity contribution is 6.41. The lowest BCUT2D eigenvalue weighted by molar-refractivity contribution is 0.395. The summed E-state index contributed by atoms with van der Waals surface area (Å²) >= 11 is 13.0. The number of hydrogen-bond acceptors (Lipinski definition) is 5. The summed E-state index contributed by atoms with van der Waals surface area (Å²) in [5.74, 6) is 0.722. The van der Waals surface area contributed by atoms with Gasteiger partial charge in [-0.25, -0.2) is 0 Å². The zero-order valence-electron chi connectivity index (χ0n) is 16.7. The maximum atomic E-state index is 13.3. The summed E-state index contributed by atoms with van der Waals surface area (Å²) in [6.45, 7) is 0. The predicted molar refractivity (Wildman–Crippen MR) is 118 cm³/mol. The first kappa shape index (κ1) is 20.3. The lowest BCUT2D eigenvalue weighted by Gasteiger charge is -2.16. The highest BCUT2D eigenvalue weighted by atomic mass is 35.5. The number of methoxy groups -OCH3 is 2. The lowest BCUT2D eigenvalue weighted by atomic mass is 10.0. The number of halogens is 2. The van der Waals surface area contributed by atoms with Crippen molar-refractivity contribution in [1.82, 2.24) is 19.3 Å². The molecule has 0 atom stereocenters. The standard InChI is InChI=1S/C21H18Cl2N4O3/c1-26-10-12(9-25-26)14-6-15-11(8-24-14)5-13(21(28)27(15)2)18-19(22)16(29-3)7-17(30-4)20(18)23/h5-10H,1-4H3. The smallest absolute Gasteiger partial charge is 0.258 e. The topological polar surface area (TPSA) is 71.2 Å². The van der Waals surface area contributed by atoms with Crippen LogP contribution < -0.4 is 15.0 Å². The molecule has 0 bridgehead atoms. The molecule has 9 heteroatoms. The molecular formula is C21H18Cl2N4O3. The molecule has 0 N–H and O–H groups in total. The fourth-order valence-electron chi connectivity index (χ4n) is 3.38. The summed E-state index contributed by atoms with van der Waals surface area (Å²) in [5.41, 5.74) is 2.73. The van der Waals surface area contributed by atoms with Crippen LogP contribution in [-0.2, 0) is 14.1 Å². The van der Waals surface area contributed by atoms with E-state index in [1.807, 2.05) is 19.3 Å². The molecular weight excluding hydrogens is 427 g/mol.